The first-order valence-electron chi connectivity index (χ1n) is 5.70. The van der Waals surface area contributed by atoms with Crippen LogP contribution in [0.4, 0.5) is 17.1 Å². The highest BCUT2D eigenvalue weighted by atomic mass is 32.2. The van der Waals surface area contributed by atoms with Gasteiger partial charge in [0.1, 0.15) is 0 Å². The Hall–Kier alpha value is -2.81. The number of rotatable bonds is 5. The molecule has 0 amide bonds. The molecular formula is C12H11N3O5S. The molecule has 0 heterocycles. The second kappa shape index (κ2) is 5.67. The van der Waals surface area contributed by atoms with Gasteiger partial charge < -0.3 is 5.73 Å². The van der Waals surface area contributed by atoms with Crippen LogP contribution in [0.25, 0.3) is 0 Å². The van der Waals surface area contributed by atoms with Crippen LogP contribution in [0.3, 0.4) is 0 Å². The first-order chi connectivity index (χ1) is 9.90. The van der Waals surface area contributed by atoms with Crippen molar-refractivity contribution in [3.63, 3.8) is 0 Å². The zero-order valence-electron chi connectivity index (χ0n) is 10.6. The summed E-state index contributed by atoms with van der Waals surface area (Å²) in [4.78, 5) is 10.4. The Bertz CT molecular complexity index is 731. The molecule has 0 unspecified atom stereocenters. The second-order valence-electron chi connectivity index (χ2n) is 3.95. The summed E-state index contributed by atoms with van der Waals surface area (Å²) in [5, 5.41) is 9.02. The Labute approximate surface area is 120 Å². The summed E-state index contributed by atoms with van der Waals surface area (Å²) >= 11 is 0. The standard InChI is InChI=1S/C12H11N3O5S/c13-10-6-8-12(9-7-10)14(11-4-2-1-3-5-11)21(18,19)20-15(16)17/h1-9H,13H2. The van der Waals surface area contributed by atoms with E-state index >= 15 is 0 Å². The highest BCUT2D eigenvalue weighted by Gasteiger charge is 2.28. The predicted octanol–water partition coefficient (Wildman–Crippen LogP) is 1.86. The molecule has 0 spiro atoms. The van der Waals surface area contributed by atoms with Gasteiger partial charge in [-0.2, -0.15) is 12.7 Å². The minimum Gasteiger partial charge on any atom is -0.399 e. The van der Waals surface area contributed by atoms with Crippen molar-refractivity contribution < 1.29 is 17.8 Å². The fourth-order valence-corrected chi connectivity index (χ4v) is 2.67. The van der Waals surface area contributed by atoms with Crippen molar-refractivity contribution in [1.29, 1.82) is 0 Å². The highest BCUT2D eigenvalue weighted by molar-refractivity contribution is 7.88. The second-order valence-corrected chi connectivity index (χ2v) is 5.32. The van der Waals surface area contributed by atoms with Crippen molar-refractivity contribution in [2.24, 2.45) is 0 Å². The molecule has 0 aliphatic carbocycles. The van der Waals surface area contributed by atoms with E-state index < -0.39 is 15.4 Å². The molecule has 0 aromatic heterocycles. The van der Waals surface area contributed by atoms with Gasteiger partial charge in [0.05, 0.1) is 11.4 Å². The molecule has 0 fully saturated rings. The molecule has 110 valence electrons. The van der Waals surface area contributed by atoms with Crippen LogP contribution >= 0.6 is 0 Å². The van der Waals surface area contributed by atoms with Crippen molar-refractivity contribution in [2.75, 3.05) is 10.0 Å². The van der Waals surface area contributed by atoms with Crippen LogP contribution < -0.4 is 10.0 Å². The Morgan fingerprint density at radius 3 is 2.05 bits per heavy atom. The number of para-hydroxylation sites is 1. The van der Waals surface area contributed by atoms with Gasteiger partial charge in [-0.1, -0.05) is 18.2 Å². The maximum Gasteiger partial charge on any atom is 0.400 e. The van der Waals surface area contributed by atoms with Crippen molar-refractivity contribution in [1.82, 2.24) is 0 Å². The van der Waals surface area contributed by atoms with Gasteiger partial charge in [0.25, 0.3) is 0 Å². The maximum absolute atomic E-state index is 12.1. The number of nitrogens with zero attached hydrogens (tertiary/aromatic N) is 2. The first-order valence-corrected chi connectivity index (χ1v) is 7.06. The quantitative estimate of drug-likeness (QED) is 0.512. The molecule has 2 aromatic rings. The van der Waals surface area contributed by atoms with Gasteiger partial charge in [-0.25, -0.2) is 4.31 Å². The van der Waals surface area contributed by atoms with E-state index in [2.05, 4.69) is 4.28 Å². The molecule has 0 saturated carbocycles. The fourth-order valence-electron chi connectivity index (χ4n) is 1.69. The average molecular weight is 309 g/mol. The van der Waals surface area contributed by atoms with Gasteiger partial charge in [0, 0.05) is 5.69 Å². The molecule has 21 heavy (non-hydrogen) atoms. The average Bonchev–Trinajstić information content (AvgIpc) is 2.41. The molecule has 2 N–H and O–H groups in total. The lowest BCUT2D eigenvalue weighted by molar-refractivity contribution is -0.711. The van der Waals surface area contributed by atoms with Crippen LogP contribution in [0.1, 0.15) is 0 Å². The summed E-state index contributed by atoms with van der Waals surface area (Å²) in [5.74, 6) is 0. The third-order valence-corrected chi connectivity index (χ3v) is 3.68. The minimum absolute atomic E-state index is 0.164. The van der Waals surface area contributed by atoms with Crippen LogP contribution in [-0.2, 0) is 14.6 Å². The SMILES string of the molecule is Nc1ccc(N(c2ccccc2)S(=O)(=O)O[N+](=O)[O-])cc1. The molecule has 8 nitrogen and oxygen atoms in total. The summed E-state index contributed by atoms with van der Waals surface area (Å²) in [5.41, 5.74) is 6.34. The van der Waals surface area contributed by atoms with E-state index in [1.807, 2.05) is 0 Å². The smallest absolute Gasteiger partial charge is 0.399 e. The summed E-state index contributed by atoms with van der Waals surface area (Å²) in [6, 6.07) is 13.6. The van der Waals surface area contributed by atoms with E-state index in [0.29, 0.717) is 5.69 Å². The largest absolute Gasteiger partial charge is 0.400 e. The topological polar surface area (TPSA) is 116 Å². The lowest BCUT2D eigenvalue weighted by Crippen LogP contribution is -2.29. The summed E-state index contributed by atoms with van der Waals surface area (Å²) in [6.45, 7) is 0. The summed E-state index contributed by atoms with van der Waals surface area (Å²) in [7, 11) is -4.65. The van der Waals surface area contributed by atoms with Crippen molar-refractivity contribution >= 4 is 27.4 Å². The number of hydrogen-bond acceptors (Lipinski definition) is 6. The lowest BCUT2D eigenvalue weighted by Gasteiger charge is -2.22. The van der Waals surface area contributed by atoms with Crippen LogP contribution in [0.15, 0.2) is 54.6 Å². The van der Waals surface area contributed by atoms with E-state index in [9.17, 15) is 18.5 Å². The van der Waals surface area contributed by atoms with Gasteiger partial charge in [0.2, 0.25) is 0 Å². The van der Waals surface area contributed by atoms with Gasteiger partial charge in [0.15, 0.2) is 0 Å². The molecule has 2 aromatic carbocycles. The normalized spacial score (nSPS) is 10.9. The molecule has 0 bridgehead atoms. The number of anilines is 3. The molecule has 0 saturated heterocycles. The number of benzene rings is 2. The molecule has 0 aliphatic rings. The van der Waals surface area contributed by atoms with Gasteiger partial charge in [-0.3, -0.25) is 0 Å². The zero-order valence-corrected chi connectivity index (χ0v) is 11.4. The Morgan fingerprint density at radius 1 is 1.00 bits per heavy atom. The van der Waals surface area contributed by atoms with Crippen molar-refractivity contribution in [2.45, 2.75) is 0 Å². The Kier molecular flexibility index (Phi) is 3.94. The highest BCUT2D eigenvalue weighted by Crippen LogP contribution is 2.29. The molecule has 2 rings (SSSR count). The van der Waals surface area contributed by atoms with Crippen LogP contribution in [0.5, 0.6) is 0 Å². The molecular weight excluding hydrogens is 298 g/mol. The molecule has 9 heteroatoms. The lowest BCUT2D eigenvalue weighted by atomic mass is 10.2. The van der Waals surface area contributed by atoms with E-state index in [1.54, 1.807) is 18.2 Å². The molecule has 0 atom stereocenters. The van der Waals surface area contributed by atoms with Crippen LogP contribution in [-0.4, -0.2) is 13.5 Å². The first kappa shape index (κ1) is 14.6. The Morgan fingerprint density at radius 2 is 1.52 bits per heavy atom. The monoisotopic (exact) mass is 309 g/mol. The molecule has 0 aliphatic heterocycles. The van der Waals surface area contributed by atoms with E-state index in [1.165, 1.54) is 36.4 Å². The van der Waals surface area contributed by atoms with Gasteiger partial charge in [-0.15, -0.1) is 10.1 Å². The van der Waals surface area contributed by atoms with Crippen LogP contribution in [0.2, 0.25) is 0 Å². The predicted molar refractivity (Wildman–Crippen MR) is 76.4 cm³/mol. The summed E-state index contributed by atoms with van der Waals surface area (Å²) in [6.07, 6.45) is 0. The number of nitrogens with two attached hydrogens (primary N) is 1. The van der Waals surface area contributed by atoms with E-state index in [4.69, 9.17) is 5.73 Å². The van der Waals surface area contributed by atoms with Gasteiger partial charge >= 0.3 is 15.4 Å². The minimum atomic E-state index is -4.65. The third-order valence-electron chi connectivity index (χ3n) is 2.50. The summed E-state index contributed by atoms with van der Waals surface area (Å²) < 4.78 is 28.7. The van der Waals surface area contributed by atoms with Crippen LogP contribution in [0, 0.1) is 10.1 Å². The zero-order chi connectivity index (χ0) is 15.5. The van der Waals surface area contributed by atoms with E-state index in [-0.39, 0.29) is 11.4 Å². The molecule has 0 radical (unpaired) electrons. The number of hydrogen-bond donors (Lipinski definition) is 1. The third kappa shape index (κ3) is 3.39. The number of nitrogen functional groups attached to an aromatic ring is 1. The van der Waals surface area contributed by atoms with Gasteiger partial charge in [-0.05, 0) is 36.4 Å². The fraction of sp³-hybridized carbons (Fsp3) is 0. The van der Waals surface area contributed by atoms with E-state index in [0.717, 1.165) is 4.31 Å². The maximum atomic E-state index is 12.1. The Balaban J connectivity index is 2.55. The van der Waals surface area contributed by atoms with Crippen molar-refractivity contribution in [3.8, 4) is 0 Å². The van der Waals surface area contributed by atoms with Crippen molar-refractivity contribution in [3.05, 3.63) is 64.7 Å².